The number of rotatable bonds is 5. The molecular weight excluding hydrogens is 314 g/mol. The van der Waals surface area contributed by atoms with Crippen LogP contribution >= 0.6 is 0 Å². The summed E-state index contributed by atoms with van der Waals surface area (Å²) in [6.07, 6.45) is 10.8. The van der Waals surface area contributed by atoms with E-state index in [1.807, 2.05) is 23.1 Å². The van der Waals surface area contributed by atoms with Crippen LogP contribution in [0.15, 0.2) is 24.4 Å². The molecule has 2 heterocycles. The number of hydrogen-bond acceptors (Lipinski definition) is 3. The molecule has 1 aromatic heterocycles. The van der Waals surface area contributed by atoms with E-state index in [1.54, 1.807) is 6.20 Å². The molecule has 1 aromatic rings. The maximum atomic E-state index is 12.5. The first-order valence-corrected chi connectivity index (χ1v) is 9.71. The van der Waals surface area contributed by atoms with Crippen molar-refractivity contribution in [3.63, 3.8) is 0 Å². The summed E-state index contributed by atoms with van der Waals surface area (Å²) in [4.78, 5) is 31.2. The van der Waals surface area contributed by atoms with Crippen LogP contribution in [0.4, 0.5) is 0 Å². The lowest BCUT2D eigenvalue weighted by Crippen LogP contribution is -2.50. The third kappa shape index (κ3) is 5.03. The molecule has 1 saturated heterocycles. The molecule has 3 rings (SSSR count). The molecule has 0 spiro atoms. The summed E-state index contributed by atoms with van der Waals surface area (Å²) in [6.45, 7) is 1.20. The Morgan fingerprint density at radius 1 is 1.16 bits per heavy atom. The number of pyridine rings is 1. The largest absolute Gasteiger partial charge is 0.355 e. The molecule has 5 nitrogen and oxygen atoms in total. The quantitative estimate of drug-likeness (QED) is 0.836. The molecule has 1 saturated carbocycles. The van der Waals surface area contributed by atoms with E-state index in [2.05, 4.69) is 10.3 Å². The zero-order valence-electron chi connectivity index (χ0n) is 15.0. The van der Waals surface area contributed by atoms with Gasteiger partial charge in [0, 0.05) is 43.9 Å². The second-order valence-corrected chi connectivity index (χ2v) is 7.29. The lowest BCUT2D eigenvalue weighted by molar-refractivity contribution is -0.141. The van der Waals surface area contributed by atoms with Gasteiger partial charge in [-0.05, 0) is 31.4 Å². The Balaban J connectivity index is 1.49. The molecule has 0 aromatic carbocycles. The normalized spacial score (nSPS) is 22.5. The van der Waals surface area contributed by atoms with E-state index in [0.29, 0.717) is 32.0 Å². The minimum atomic E-state index is -0.0651. The van der Waals surface area contributed by atoms with Crippen LogP contribution in [0, 0.1) is 5.92 Å². The predicted octanol–water partition coefficient (Wildman–Crippen LogP) is 2.70. The van der Waals surface area contributed by atoms with E-state index >= 15 is 0 Å². The summed E-state index contributed by atoms with van der Waals surface area (Å²) in [5.74, 6) is 0.260. The second kappa shape index (κ2) is 8.97. The first-order chi connectivity index (χ1) is 12.2. The Morgan fingerprint density at radius 3 is 2.68 bits per heavy atom. The Morgan fingerprint density at radius 2 is 1.96 bits per heavy atom. The minimum absolute atomic E-state index is 0.0651. The van der Waals surface area contributed by atoms with Crippen molar-refractivity contribution >= 4 is 11.8 Å². The van der Waals surface area contributed by atoms with Crippen LogP contribution in [0.1, 0.15) is 57.1 Å². The fourth-order valence-electron chi connectivity index (χ4n) is 4.01. The van der Waals surface area contributed by atoms with Gasteiger partial charge in [-0.15, -0.1) is 0 Å². The van der Waals surface area contributed by atoms with Crippen LogP contribution in [0.25, 0.3) is 0 Å². The zero-order chi connectivity index (χ0) is 17.5. The second-order valence-electron chi connectivity index (χ2n) is 7.29. The summed E-state index contributed by atoms with van der Waals surface area (Å²) in [5.41, 5.74) is 0.988. The van der Waals surface area contributed by atoms with Crippen molar-refractivity contribution in [3.8, 4) is 0 Å². The molecule has 1 aliphatic heterocycles. The molecule has 5 heteroatoms. The topological polar surface area (TPSA) is 62.3 Å². The predicted molar refractivity (Wildman–Crippen MR) is 96.9 cm³/mol. The van der Waals surface area contributed by atoms with Gasteiger partial charge in [0.05, 0.1) is 5.92 Å². The first kappa shape index (κ1) is 17.9. The number of hydrogen-bond donors (Lipinski definition) is 1. The van der Waals surface area contributed by atoms with Gasteiger partial charge in [0.25, 0.3) is 0 Å². The summed E-state index contributed by atoms with van der Waals surface area (Å²) in [7, 11) is 0. The van der Waals surface area contributed by atoms with Gasteiger partial charge < -0.3 is 10.2 Å². The van der Waals surface area contributed by atoms with Crippen LogP contribution in [0.5, 0.6) is 0 Å². The van der Waals surface area contributed by atoms with Crippen molar-refractivity contribution in [2.45, 2.75) is 63.8 Å². The number of amides is 2. The molecule has 2 fully saturated rings. The monoisotopic (exact) mass is 343 g/mol. The van der Waals surface area contributed by atoms with E-state index in [4.69, 9.17) is 0 Å². The average Bonchev–Trinajstić information content (AvgIpc) is 2.92. The lowest BCUT2D eigenvalue weighted by Gasteiger charge is -2.37. The SMILES string of the molecule is O=C(NCCc1ccccn1)C1CCC(=O)N(C2CCCCCC2)C1. The minimum Gasteiger partial charge on any atom is -0.355 e. The van der Waals surface area contributed by atoms with Crippen LogP contribution in [-0.4, -0.2) is 40.8 Å². The van der Waals surface area contributed by atoms with E-state index in [-0.39, 0.29) is 17.7 Å². The Labute approximate surface area is 150 Å². The highest BCUT2D eigenvalue weighted by atomic mass is 16.2. The third-order valence-electron chi connectivity index (χ3n) is 5.49. The molecule has 136 valence electrons. The maximum absolute atomic E-state index is 12.5. The molecule has 0 bridgehead atoms. The number of carbonyl (C=O) groups excluding carboxylic acids is 2. The molecule has 1 unspecified atom stereocenters. The van der Waals surface area contributed by atoms with Crippen LogP contribution in [-0.2, 0) is 16.0 Å². The van der Waals surface area contributed by atoms with Crippen molar-refractivity contribution in [2.75, 3.05) is 13.1 Å². The lowest BCUT2D eigenvalue weighted by atomic mass is 9.93. The van der Waals surface area contributed by atoms with Gasteiger partial charge in [-0.25, -0.2) is 0 Å². The molecule has 1 aliphatic carbocycles. The summed E-state index contributed by atoms with van der Waals surface area (Å²) in [6, 6.07) is 6.17. The molecule has 1 atom stereocenters. The Bertz CT molecular complexity index is 568. The number of likely N-dealkylation sites (tertiary alicyclic amines) is 1. The van der Waals surface area contributed by atoms with Crippen LogP contribution in [0.2, 0.25) is 0 Å². The fourth-order valence-corrected chi connectivity index (χ4v) is 4.01. The molecular formula is C20H29N3O2. The average molecular weight is 343 g/mol. The van der Waals surface area contributed by atoms with Crippen LogP contribution in [0.3, 0.4) is 0 Å². The Kier molecular flexibility index (Phi) is 6.42. The maximum Gasteiger partial charge on any atom is 0.224 e. The van der Waals surface area contributed by atoms with Gasteiger partial charge in [-0.1, -0.05) is 31.7 Å². The molecule has 1 N–H and O–H groups in total. The van der Waals surface area contributed by atoms with E-state index in [9.17, 15) is 9.59 Å². The zero-order valence-corrected chi connectivity index (χ0v) is 15.0. The van der Waals surface area contributed by atoms with Gasteiger partial charge in [-0.2, -0.15) is 0 Å². The van der Waals surface area contributed by atoms with Crippen molar-refractivity contribution in [1.29, 1.82) is 0 Å². The van der Waals surface area contributed by atoms with Gasteiger partial charge in [-0.3, -0.25) is 14.6 Å². The molecule has 25 heavy (non-hydrogen) atoms. The van der Waals surface area contributed by atoms with E-state index in [1.165, 1.54) is 25.7 Å². The number of nitrogens with zero attached hydrogens (tertiary/aromatic N) is 2. The van der Waals surface area contributed by atoms with Crippen molar-refractivity contribution in [3.05, 3.63) is 30.1 Å². The number of aromatic nitrogens is 1. The highest BCUT2D eigenvalue weighted by Crippen LogP contribution is 2.27. The Hall–Kier alpha value is -1.91. The summed E-state index contributed by atoms with van der Waals surface area (Å²) in [5, 5.41) is 3.03. The molecule has 2 aliphatic rings. The van der Waals surface area contributed by atoms with Crippen molar-refractivity contribution < 1.29 is 9.59 Å². The van der Waals surface area contributed by atoms with Gasteiger partial charge in [0.1, 0.15) is 0 Å². The molecule has 0 radical (unpaired) electrons. The van der Waals surface area contributed by atoms with Crippen LogP contribution < -0.4 is 5.32 Å². The van der Waals surface area contributed by atoms with E-state index < -0.39 is 0 Å². The number of piperidine rings is 1. The highest BCUT2D eigenvalue weighted by Gasteiger charge is 2.34. The summed E-state index contributed by atoms with van der Waals surface area (Å²) >= 11 is 0. The van der Waals surface area contributed by atoms with Gasteiger partial charge >= 0.3 is 0 Å². The van der Waals surface area contributed by atoms with Crippen molar-refractivity contribution in [1.82, 2.24) is 15.2 Å². The molecule has 2 amide bonds. The number of nitrogens with one attached hydrogen (secondary N) is 1. The van der Waals surface area contributed by atoms with Gasteiger partial charge in [0.2, 0.25) is 11.8 Å². The smallest absolute Gasteiger partial charge is 0.224 e. The number of carbonyl (C=O) groups is 2. The van der Waals surface area contributed by atoms with Crippen molar-refractivity contribution in [2.24, 2.45) is 5.92 Å². The standard InChI is InChI=1S/C20H29N3O2/c24-19-11-10-16(15-23(19)18-8-3-1-2-4-9-18)20(25)22-14-12-17-7-5-6-13-21-17/h5-7,13,16,18H,1-4,8-12,14-15H2,(H,22,25). The summed E-state index contributed by atoms with van der Waals surface area (Å²) < 4.78 is 0. The third-order valence-corrected chi connectivity index (χ3v) is 5.49. The van der Waals surface area contributed by atoms with E-state index in [0.717, 1.165) is 25.0 Å². The highest BCUT2D eigenvalue weighted by molar-refractivity contribution is 5.84. The van der Waals surface area contributed by atoms with Gasteiger partial charge in [0.15, 0.2) is 0 Å². The fraction of sp³-hybridized carbons (Fsp3) is 0.650. The first-order valence-electron chi connectivity index (χ1n) is 9.71.